The molecule has 7 nitrogen and oxygen atoms in total. The number of nitrogens with zero attached hydrogens (tertiary/aromatic N) is 3. The van der Waals surface area contributed by atoms with Gasteiger partial charge in [0.2, 0.25) is 5.88 Å². The Hall–Kier alpha value is -3.17. The third-order valence-corrected chi connectivity index (χ3v) is 4.11. The van der Waals surface area contributed by atoms with E-state index in [1.807, 2.05) is 30.1 Å². The summed E-state index contributed by atoms with van der Waals surface area (Å²) in [5.41, 5.74) is 1.72. The van der Waals surface area contributed by atoms with E-state index in [1.165, 1.54) is 12.3 Å². The van der Waals surface area contributed by atoms with Crippen molar-refractivity contribution < 1.29 is 27.4 Å². The van der Waals surface area contributed by atoms with Crippen LogP contribution in [0, 0.1) is 0 Å². The van der Waals surface area contributed by atoms with Crippen LogP contribution < -0.4 is 19.5 Å². The summed E-state index contributed by atoms with van der Waals surface area (Å²) in [5, 5.41) is 3.19. The summed E-state index contributed by atoms with van der Waals surface area (Å²) < 4.78 is 51.8. The number of pyridine rings is 1. The van der Waals surface area contributed by atoms with Crippen molar-refractivity contribution in [2.45, 2.75) is 19.3 Å². The molecule has 0 bridgehead atoms. The van der Waals surface area contributed by atoms with Gasteiger partial charge in [0.25, 0.3) is 0 Å². The summed E-state index contributed by atoms with van der Waals surface area (Å²) in [7, 11) is 6.73. The number of aromatic nitrogens is 1. The predicted molar refractivity (Wildman–Crippen MR) is 107 cm³/mol. The molecule has 0 aliphatic rings. The number of aliphatic imine (C=N–C) groups is 1. The third-order valence-electron chi connectivity index (χ3n) is 4.11. The molecule has 0 atom stereocenters. The number of ether oxygens (including phenoxy) is 3. The Morgan fingerprint density at radius 2 is 1.93 bits per heavy atom. The average Bonchev–Trinajstić information content (AvgIpc) is 2.73. The third kappa shape index (κ3) is 7.02. The number of alkyl halides is 3. The number of hydrogen-bond acceptors (Lipinski definition) is 5. The number of halogens is 3. The van der Waals surface area contributed by atoms with Gasteiger partial charge in [-0.25, -0.2) is 4.98 Å². The van der Waals surface area contributed by atoms with Crippen LogP contribution in [0.25, 0.3) is 0 Å². The first-order valence-corrected chi connectivity index (χ1v) is 9.03. The summed E-state index contributed by atoms with van der Waals surface area (Å²) in [6.07, 6.45) is -2.94. The van der Waals surface area contributed by atoms with Crippen LogP contribution in [0.5, 0.6) is 17.4 Å². The topological polar surface area (TPSA) is 68.2 Å². The molecule has 164 valence electrons. The van der Waals surface area contributed by atoms with Crippen molar-refractivity contribution in [1.82, 2.24) is 15.2 Å². The van der Waals surface area contributed by atoms with Gasteiger partial charge >= 0.3 is 6.18 Å². The molecule has 0 saturated heterocycles. The van der Waals surface area contributed by atoms with E-state index in [0.29, 0.717) is 30.5 Å². The minimum atomic E-state index is -4.40. The van der Waals surface area contributed by atoms with E-state index in [-0.39, 0.29) is 5.88 Å². The van der Waals surface area contributed by atoms with Crippen LogP contribution in [0.3, 0.4) is 0 Å². The monoisotopic (exact) mass is 426 g/mol. The smallest absolute Gasteiger partial charge is 0.422 e. The molecule has 1 aromatic heterocycles. The highest BCUT2D eigenvalue weighted by molar-refractivity contribution is 5.79. The number of nitrogens with one attached hydrogen (secondary N) is 1. The standard InChI is InChI=1S/C20H25F3N4O3/c1-24-19(27(2)12-15-6-7-16(28-3)9-17(15)29-4)26-11-14-5-8-18(25-10-14)30-13-20(21,22)23/h5-10H,11-13H2,1-4H3,(H,24,26). The Labute approximate surface area is 173 Å². The zero-order valence-corrected chi connectivity index (χ0v) is 17.3. The van der Waals surface area contributed by atoms with Gasteiger partial charge in [0.15, 0.2) is 12.6 Å². The fourth-order valence-corrected chi connectivity index (χ4v) is 2.64. The van der Waals surface area contributed by atoms with Crippen LogP contribution in [0.4, 0.5) is 13.2 Å². The first-order valence-electron chi connectivity index (χ1n) is 9.03. The molecule has 0 unspecified atom stereocenters. The van der Waals surface area contributed by atoms with Gasteiger partial charge in [0.05, 0.1) is 14.2 Å². The van der Waals surface area contributed by atoms with Gasteiger partial charge in [-0.2, -0.15) is 13.2 Å². The summed E-state index contributed by atoms with van der Waals surface area (Å²) in [6, 6.07) is 8.64. The number of benzene rings is 1. The van der Waals surface area contributed by atoms with E-state index in [1.54, 1.807) is 27.3 Å². The van der Waals surface area contributed by atoms with Gasteiger partial charge in [0, 0.05) is 51.1 Å². The minimum absolute atomic E-state index is 0.0795. The van der Waals surface area contributed by atoms with Gasteiger partial charge in [-0.1, -0.05) is 6.07 Å². The number of methoxy groups -OCH3 is 2. The Bertz CT molecular complexity index is 842. The van der Waals surface area contributed by atoms with Crippen LogP contribution in [0.15, 0.2) is 41.5 Å². The van der Waals surface area contributed by atoms with Gasteiger partial charge in [-0.3, -0.25) is 4.99 Å². The summed E-state index contributed by atoms with van der Waals surface area (Å²) in [5.74, 6) is 1.96. The van der Waals surface area contributed by atoms with E-state index in [9.17, 15) is 13.2 Å². The first kappa shape index (κ1) is 23.1. The predicted octanol–water partition coefficient (Wildman–Crippen LogP) is 3.25. The number of hydrogen-bond donors (Lipinski definition) is 1. The van der Waals surface area contributed by atoms with Crippen molar-refractivity contribution in [2.75, 3.05) is 34.9 Å². The maximum absolute atomic E-state index is 12.2. The number of rotatable bonds is 8. The van der Waals surface area contributed by atoms with Crippen LogP contribution in [0.1, 0.15) is 11.1 Å². The molecule has 0 radical (unpaired) electrons. The van der Waals surface area contributed by atoms with Crippen molar-refractivity contribution in [2.24, 2.45) is 4.99 Å². The number of guanidine groups is 1. The van der Waals surface area contributed by atoms with Crippen LogP contribution in [-0.2, 0) is 13.1 Å². The molecule has 2 rings (SSSR count). The lowest BCUT2D eigenvalue weighted by Crippen LogP contribution is -2.38. The summed E-state index contributed by atoms with van der Waals surface area (Å²) in [6.45, 7) is -0.442. The molecule has 0 spiro atoms. The Balaban J connectivity index is 1.94. The second kappa shape index (κ2) is 10.6. The highest BCUT2D eigenvalue weighted by Crippen LogP contribution is 2.25. The second-order valence-electron chi connectivity index (χ2n) is 6.34. The summed E-state index contributed by atoms with van der Waals surface area (Å²) >= 11 is 0. The van der Waals surface area contributed by atoms with E-state index < -0.39 is 12.8 Å². The Morgan fingerprint density at radius 1 is 1.17 bits per heavy atom. The molecule has 30 heavy (non-hydrogen) atoms. The van der Waals surface area contributed by atoms with Crippen molar-refractivity contribution in [3.8, 4) is 17.4 Å². The molecule has 1 N–H and O–H groups in total. The van der Waals surface area contributed by atoms with Crippen molar-refractivity contribution >= 4 is 5.96 Å². The molecule has 1 heterocycles. The van der Waals surface area contributed by atoms with Crippen molar-refractivity contribution in [3.05, 3.63) is 47.7 Å². The molecule has 0 aliphatic heterocycles. The van der Waals surface area contributed by atoms with E-state index in [4.69, 9.17) is 9.47 Å². The quantitative estimate of drug-likeness (QED) is 0.516. The van der Waals surface area contributed by atoms with Gasteiger partial charge < -0.3 is 24.4 Å². The fraction of sp³-hybridized carbons (Fsp3) is 0.400. The molecular formula is C20H25F3N4O3. The molecule has 10 heteroatoms. The van der Waals surface area contributed by atoms with Gasteiger partial charge in [-0.15, -0.1) is 0 Å². The van der Waals surface area contributed by atoms with Crippen LogP contribution >= 0.6 is 0 Å². The highest BCUT2D eigenvalue weighted by atomic mass is 19.4. The van der Waals surface area contributed by atoms with Crippen LogP contribution in [-0.4, -0.2) is 56.9 Å². The lowest BCUT2D eigenvalue weighted by molar-refractivity contribution is -0.154. The molecule has 0 amide bonds. The minimum Gasteiger partial charge on any atom is -0.497 e. The van der Waals surface area contributed by atoms with Gasteiger partial charge in [-0.05, 0) is 17.7 Å². The Morgan fingerprint density at radius 3 is 2.50 bits per heavy atom. The maximum atomic E-state index is 12.2. The zero-order chi connectivity index (χ0) is 22.1. The summed E-state index contributed by atoms with van der Waals surface area (Å²) in [4.78, 5) is 10.1. The fourth-order valence-electron chi connectivity index (χ4n) is 2.64. The SMILES string of the molecule is CN=C(NCc1ccc(OCC(F)(F)F)nc1)N(C)Cc1ccc(OC)cc1OC. The first-order chi connectivity index (χ1) is 14.3. The van der Waals surface area contributed by atoms with Gasteiger partial charge in [0.1, 0.15) is 11.5 Å². The molecular weight excluding hydrogens is 401 g/mol. The van der Waals surface area contributed by atoms with Crippen molar-refractivity contribution in [1.29, 1.82) is 0 Å². The molecule has 0 saturated carbocycles. The largest absolute Gasteiger partial charge is 0.497 e. The lowest BCUT2D eigenvalue weighted by Gasteiger charge is -2.23. The lowest BCUT2D eigenvalue weighted by atomic mass is 10.2. The van der Waals surface area contributed by atoms with Crippen molar-refractivity contribution in [3.63, 3.8) is 0 Å². The van der Waals surface area contributed by atoms with Crippen LogP contribution in [0.2, 0.25) is 0 Å². The van der Waals surface area contributed by atoms with E-state index in [2.05, 4.69) is 20.0 Å². The molecule has 1 aromatic carbocycles. The molecule has 2 aromatic rings. The zero-order valence-electron chi connectivity index (χ0n) is 17.3. The van der Waals surface area contributed by atoms with E-state index in [0.717, 1.165) is 11.1 Å². The maximum Gasteiger partial charge on any atom is 0.422 e. The second-order valence-corrected chi connectivity index (χ2v) is 6.34. The molecule has 0 aliphatic carbocycles. The average molecular weight is 426 g/mol. The molecule has 0 fully saturated rings. The van der Waals surface area contributed by atoms with E-state index >= 15 is 0 Å². The normalized spacial score (nSPS) is 11.8. The highest BCUT2D eigenvalue weighted by Gasteiger charge is 2.28. The Kier molecular flexibility index (Phi) is 8.14.